The first-order valence-electron chi connectivity index (χ1n) is 11.3. The molecule has 0 heterocycles. The Hall–Kier alpha value is -1.11. The van der Waals surface area contributed by atoms with Crippen LogP contribution in [0, 0.1) is 0 Å². The van der Waals surface area contributed by atoms with Crippen LogP contribution in [0.5, 0.6) is 0 Å². The van der Waals surface area contributed by atoms with Crippen LogP contribution in [-0.4, -0.2) is 5.78 Å². The van der Waals surface area contributed by atoms with E-state index in [1.54, 1.807) is 6.92 Å². The van der Waals surface area contributed by atoms with E-state index in [1.165, 1.54) is 95.5 Å². The molecule has 1 heteroatoms. The van der Waals surface area contributed by atoms with Crippen molar-refractivity contribution >= 4 is 5.78 Å². The van der Waals surface area contributed by atoms with Crippen LogP contribution in [-0.2, 0) is 0 Å². The van der Waals surface area contributed by atoms with E-state index in [1.807, 2.05) is 12.1 Å². The monoisotopic (exact) mass is 358 g/mol. The van der Waals surface area contributed by atoms with Crippen LogP contribution in [0.2, 0.25) is 0 Å². The van der Waals surface area contributed by atoms with Gasteiger partial charge in [0.05, 0.1) is 0 Å². The average Bonchev–Trinajstić information content (AvgIpc) is 2.65. The van der Waals surface area contributed by atoms with Crippen molar-refractivity contribution in [1.82, 2.24) is 0 Å². The van der Waals surface area contributed by atoms with E-state index in [9.17, 15) is 4.79 Å². The average molecular weight is 359 g/mol. The summed E-state index contributed by atoms with van der Waals surface area (Å²) in [6, 6.07) is 8.42. The molecule has 0 N–H and O–H groups in total. The zero-order valence-electron chi connectivity index (χ0n) is 17.7. The molecule has 0 fully saturated rings. The van der Waals surface area contributed by atoms with Crippen LogP contribution in [0.1, 0.15) is 133 Å². The van der Waals surface area contributed by atoms with Gasteiger partial charge in [-0.25, -0.2) is 0 Å². The maximum atomic E-state index is 11.5. The molecule has 0 saturated heterocycles. The van der Waals surface area contributed by atoms with Crippen molar-refractivity contribution < 1.29 is 4.79 Å². The van der Waals surface area contributed by atoms with Gasteiger partial charge in [0.25, 0.3) is 0 Å². The molecule has 0 aliphatic heterocycles. The van der Waals surface area contributed by atoms with E-state index in [4.69, 9.17) is 0 Å². The van der Waals surface area contributed by atoms with Crippen molar-refractivity contribution in [2.75, 3.05) is 0 Å². The highest BCUT2D eigenvalue weighted by Gasteiger charge is 2.12. The molecule has 0 aliphatic carbocycles. The topological polar surface area (TPSA) is 17.1 Å². The second-order valence-corrected chi connectivity index (χ2v) is 7.99. The Morgan fingerprint density at radius 1 is 0.692 bits per heavy atom. The molecule has 1 aromatic rings. The van der Waals surface area contributed by atoms with Crippen molar-refractivity contribution in [3.8, 4) is 0 Å². The predicted molar refractivity (Wildman–Crippen MR) is 115 cm³/mol. The molecule has 148 valence electrons. The lowest BCUT2D eigenvalue weighted by Crippen LogP contribution is -2.01. The Balaban J connectivity index is 2.35. The molecule has 1 unspecified atom stereocenters. The zero-order valence-corrected chi connectivity index (χ0v) is 17.7. The summed E-state index contributed by atoms with van der Waals surface area (Å²) in [5.74, 6) is 0.838. The summed E-state index contributed by atoms with van der Waals surface area (Å²) in [6.07, 6.45) is 19.1. The first-order valence-corrected chi connectivity index (χ1v) is 11.3. The minimum atomic E-state index is 0.165. The van der Waals surface area contributed by atoms with Crippen molar-refractivity contribution in [2.24, 2.45) is 0 Å². The normalized spacial score (nSPS) is 12.3. The first-order chi connectivity index (χ1) is 12.7. The lowest BCUT2D eigenvalue weighted by atomic mass is 9.87. The third kappa shape index (κ3) is 10.1. The van der Waals surface area contributed by atoms with Crippen LogP contribution in [0.3, 0.4) is 0 Å². The maximum Gasteiger partial charge on any atom is 0.159 e. The van der Waals surface area contributed by atoms with Gasteiger partial charge in [-0.05, 0) is 31.2 Å². The molecule has 0 aliphatic rings. The molecule has 0 spiro atoms. The summed E-state index contributed by atoms with van der Waals surface area (Å²) >= 11 is 0. The van der Waals surface area contributed by atoms with Gasteiger partial charge in [0, 0.05) is 5.56 Å². The van der Waals surface area contributed by atoms with Gasteiger partial charge >= 0.3 is 0 Å². The molecule has 0 radical (unpaired) electrons. The fourth-order valence-corrected chi connectivity index (χ4v) is 3.81. The van der Waals surface area contributed by atoms with Gasteiger partial charge in [-0.3, -0.25) is 4.79 Å². The van der Waals surface area contributed by atoms with Crippen LogP contribution in [0.4, 0.5) is 0 Å². The number of hydrogen-bond donors (Lipinski definition) is 0. The second-order valence-electron chi connectivity index (χ2n) is 7.99. The highest BCUT2D eigenvalue weighted by atomic mass is 16.1. The summed E-state index contributed by atoms with van der Waals surface area (Å²) in [7, 11) is 0. The van der Waals surface area contributed by atoms with Crippen LogP contribution in [0.25, 0.3) is 0 Å². The van der Waals surface area contributed by atoms with Crippen molar-refractivity contribution in [3.63, 3.8) is 0 Å². The largest absolute Gasteiger partial charge is 0.295 e. The molecular weight excluding hydrogens is 316 g/mol. The highest BCUT2D eigenvalue weighted by Crippen LogP contribution is 2.29. The van der Waals surface area contributed by atoms with Gasteiger partial charge < -0.3 is 0 Å². The van der Waals surface area contributed by atoms with Gasteiger partial charge in [-0.1, -0.05) is 115 Å². The van der Waals surface area contributed by atoms with E-state index in [0.29, 0.717) is 5.92 Å². The summed E-state index contributed by atoms with van der Waals surface area (Å²) in [5.41, 5.74) is 2.27. The lowest BCUT2D eigenvalue weighted by molar-refractivity contribution is 0.101. The van der Waals surface area contributed by atoms with E-state index in [-0.39, 0.29) is 5.78 Å². The SMILES string of the molecule is CCCCCCCCCCCC(CCCCC)c1ccc(C(C)=O)cc1. The first kappa shape index (κ1) is 22.9. The standard InChI is InChI=1S/C25H42O/c1-4-6-8-9-10-11-12-13-15-17-24(16-14-7-5-2)25-20-18-23(19-21-25)22(3)26/h18-21,24H,4-17H2,1-3H3. The number of Topliss-reactive ketones (excluding diaryl/α,β-unsaturated/α-hetero) is 1. The fourth-order valence-electron chi connectivity index (χ4n) is 3.81. The smallest absolute Gasteiger partial charge is 0.159 e. The van der Waals surface area contributed by atoms with E-state index < -0.39 is 0 Å². The van der Waals surface area contributed by atoms with Crippen LogP contribution >= 0.6 is 0 Å². The number of benzene rings is 1. The molecule has 0 aromatic heterocycles. The lowest BCUT2D eigenvalue weighted by Gasteiger charge is -2.18. The second kappa shape index (κ2) is 15.0. The zero-order chi connectivity index (χ0) is 19.0. The number of unbranched alkanes of at least 4 members (excludes halogenated alkanes) is 10. The van der Waals surface area contributed by atoms with E-state index >= 15 is 0 Å². The molecule has 26 heavy (non-hydrogen) atoms. The predicted octanol–water partition coefficient (Wildman–Crippen LogP) is 8.47. The fraction of sp³-hybridized carbons (Fsp3) is 0.720. The highest BCUT2D eigenvalue weighted by molar-refractivity contribution is 5.94. The molecule has 1 rings (SSSR count). The summed E-state index contributed by atoms with van der Waals surface area (Å²) < 4.78 is 0. The summed E-state index contributed by atoms with van der Waals surface area (Å²) in [5, 5.41) is 0. The number of carbonyl (C=O) groups is 1. The van der Waals surface area contributed by atoms with Gasteiger partial charge in [0.1, 0.15) is 0 Å². The molecule has 0 saturated carbocycles. The van der Waals surface area contributed by atoms with Crippen LogP contribution in [0.15, 0.2) is 24.3 Å². The molecule has 0 bridgehead atoms. The van der Waals surface area contributed by atoms with Gasteiger partial charge in [0.15, 0.2) is 5.78 Å². The quantitative estimate of drug-likeness (QED) is 0.214. The number of carbonyl (C=O) groups excluding carboxylic acids is 1. The van der Waals surface area contributed by atoms with Crippen molar-refractivity contribution in [1.29, 1.82) is 0 Å². The van der Waals surface area contributed by atoms with Gasteiger partial charge in [-0.2, -0.15) is 0 Å². The van der Waals surface area contributed by atoms with Crippen molar-refractivity contribution in [3.05, 3.63) is 35.4 Å². The molecular formula is C25H42O. The Labute approximate surface area is 163 Å². The molecule has 1 nitrogen and oxygen atoms in total. The summed E-state index contributed by atoms with van der Waals surface area (Å²) in [4.78, 5) is 11.5. The van der Waals surface area contributed by atoms with Gasteiger partial charge in [-0.15, -0.1) is 0 Å². The molecule has 1 aromatic carbocycles. The third-order valence-corrected chi connectivity index (χ3v) is 5.60. The van der Waals surface area contributed by atoms with E-state index in [2.05, 4.69) is 26.0 Å². The number of rotatable bonds is 16. The Morgan fingerprint density at radius 2 is 1.12 bits per heavy atom. The Morgan fingerprint density at radius 3 is 1.62 bits per heavy atom. The minimum Gasteiger partial charge on any atom is -0.295 e. The van der Waals surface area contributed by atoms with Gasteiger partial charge in [0.2, 0.25) is 0 Å². The molecule has 0 amide bonds. The van der Waals surface area contributed by atoms with Crippen LogP contribution < -0.4 is 0 Å². The number of ketones is 1. The number of hydrogen-bond acceptors (Lipinski definition) is 1. The summed E-state index contributed by atoms with van der Waals surface area (Å²) in [6.45, 7) is 6.21. The van der Waals surface area contributed by atoms with Crippen molar-refractivity contribution in [2.45, 2.75) is 117 Å². The Bertz CT molecular complexity index is 460. The maximum absolute atomic E-state index is 11.5. The third-order valence-electron chi connectivity index (χ3n) is 5.60. The minimum absolute atomic E-state index is 0.165. The van der Waals surface area contributed by atoms with E-state index in [0.717, 1.165) is 5.56 Å². The Kier molecular flexibility index (Phi) is 13.2. The molecule has 1 atom stereocenters.